The highest BCUT2D eigenvalue weighted by Crippen LogP contribution is 2.40. The minimum atomic E-state index is 1.12. The van der Waals surface area contributed by atoms with E-state index in [2.05, 4.69) is 144 Å². The van der Waals surface area contributed by atoms with Crippen molar-refractivity contribution < 1.29 is 0 Å². The maximum Gasteiger partial charge on any atom is 0.0541 e. The van der Waals surface area contributed by atoms with E-state index in [0.717, 1.165) is 5.69 Å². The Morgan fingerprint density at radius 3 is 1.90 bits per heavy atom. The highest BCUT2D eigenvalue weighted by molar-refractivity contribution is 6.12. The second-order valence-electron chi connectivity index (χ2n) is 10.5. The van der Waals surface area contributed by atoms with Gasteiger partial charge in [0.2, 0.25) is 0 Å². The van der Waals surface area contributed by atoms with E-state index >= 15 is 0 Å². The zero-order valence-corrected chi connectivity index (χ0v) is 22.2. The summed E-state index contributed by atoms with van der Waals surface area (Å²) in [4.78, 5) is 4.23. The van der Waals surface area contributed by atoms with Crippen molar-refractivity contribution in [2.45, 2.75) is 6.92 Å². The first-order valence-corrected chi connectivity index (χ1v) is 13.7. The molecule has 0 aliphatic carbocycles. The second-order valence-corrected chi connectivity index (χ2v) is 10.5. The van der Waals surface area contributed by atoms with E-state index in [1.807, 2.05) is 12.4 Å². The molecule has 0 spiro atoms. The van der Waals surface area contributed by atoms with E-state index in [1.165, 1.54) is 71.2 Å². The molecule has 0 bridgehead atoms. The van der Waals surface area contributed by atoms with Gasteiger partial charge in [0.15, 0.2) is 0 Å². The Balaban J connectivity index is 1.35. The molecule has 0 aliphatic rings. The molecular weight excluding hydrogens is 484 g/mol. The maximum absolute atomic E-state index is 4.23. The van der Waals surface area contributed by atoms with Crippen LogP contribution in [0.2, 0.25) is 0 Å². The maximum atomic E-state index is 4.23. The van der Waals surface area contributed by atoms with Gasteiger partial charge < -0.3 is 4.57 Å². The molecule has 0 amide bonds. The SMILES string of the molecule is Cc1cc2ccccc2cc1-c1ccc(-c2ccc3c(c2)c2ccccc2n3-c2ccncc2)c2ccccc12. The molecule has 0 saturated heterocycles. The molecule has 40 heavy (non-hydrogen) atoms. The highest BCUT2D eigenvalue weighted by atomic mass is 15.0. The zero-order valence-electron chi connectivity index (χ0n) is 22.2. The molecule has 0 N–H and O–H groups in total. The van der Waals surface area contributed by atoms with Crippen LogP contribution in [0.5, 0.6) is 0 Å². The van der Waals surface area contributed by atoms with Gasteiger partial charge in [-0.05, 0) is 92.7 Å². The lowest BCUT2D eigenvalue weighted by atomic mass is 9.89. The summed E-state index contributed by atoms with van der Waals surface area (Å²) in [6, 6.07) is 46.4. The lowest BCUT2D eigenvalue weighted by molar-refractivity contribution is 1.16. The van der Waals surface area contributed by atoms with Gasteiger partial charge >= 0.3 is 0 Å². The van der Waals surface area contributed by atoms with Crippen molar-refractivity contribution in [3.8, 4) is 27.9 Å². The number of rotatable bonds is 3. The van der Waals surface area contributed by atoms with Crippen LogP contribution in [-0.4, -0.2) is 9.55 Å². The molecule has 0 aliphatic heterocycles. The van der Waals surface area contributed by atoms with Crippen LogP contribution >= 0.6 is 0 Å². The van der Waals surface area contributed by atoms with Gasteiger partial charge in [0.05, 0.1) is 11.0 Å². The Labute approximate surface area is 232 Å². The van der Waals surface area contributed by atoms with Crippen molar-refractivity contribution in [2.24, 2.45) is 0 Å². The van der Waals surface area contributed by atoms with E-state index in [0.29, 0.717) is 0 Å². The molecule has 2 aromatic heterocycles. The molecule has 0 unspecified atom stereocenters. The fraction of sp³-hybridized carbons (Fsp3) is 0.0263. The molecule has 6 aromatic carbocycles. The first kappa shape index (κ1) is 22.7. The smallest absolute Gasteiger partial charge is 0.0541 e. The first-order valence-electron chi connectivity index (χ1n) is 13.7. The number of para-hydroxylation sites is 1. The molecule has 2 nitrogen and oxygen atoms in total. The van der Waals surface area contributed by atoms with E-state index in [1.54, 1.807) is 0 Å². The highest BCUT2D eigenvalue weighted by Gasteiger charge is 2.15. The summed E-state index contributed by atoms with van der Waals surface area (Å²) >= 11 is 0. The van der Waals surface area contributed by atoms with Gasteiger partial charge in [0.25, 0.3) is 0 Å². The number of fused-ring (bicyclic) bond motifs is 5. The lowest BCUT2D eigenvalue weighted by Gasteiger charge is -2.15. The summed E-state index contributed by atoms with van der Waals surface area (Å²) in [6.07, 6.45) is 3.71. The minimum Gasteiger partial charge on any atom is -0.309 e. The van der Waals surface area contributed by atoms with E-state index in [9.17, 15) is 0 Å². The molecule has 188 valence electrons. The van der Waals surface area contributed by atoms with Gasteiger partial charge in [0.1, 0.15) is 0 Å². The quantitative estimate of drug-likeness (QED) is 0.231. The lowest BCUT2D eigenvalue weighted by Crippen LogP contribution is -1.93. The summed E-state index contributed by atoms with van der Waals surface area (Å²) in [6.45, 7) is 2.22. The predicted molar refractivity (Wildman–Crippen MR) is 169 cm³/mol. The summed E-state index contributed by atoms with van der Waals surface area (Å²) in [5.41, 5.74) is 9.85. The van der Waals surface area contributed by atoms with Gasteiger partial charge in [-0.15, -0.1) is 0 Å². The van der Waals surface area contributed by atoms with Crippen molar-refractivity contribution in [3.63, 3.8) is 0 Å². The average molecular weight is 511 g/mol. The van der Waals surface area contributed by atoms with Crippen molar-refractivity contribution in [3.05, 3.63) is 145 Å². The van der Waals surface area contributed by atoms with Gasteiger partial charge in [-0.25, -0.2) is 0 Å². The third-order valence-corrected chi connectivity index (χ3v) is 8.21. The Kier molecular flexibility index (Phi) is 5.08. The normalized spacial score (nSPS) is 11.6. The summed E-state index contributed by atoms with van der Waals surface area (Å²) in [7, 11) is 0. The van der Waals surface area contributed by atoms with Crippen LogP contribution in [0.15, 0.2) is 140 Å². The van der Waals surface area contributed by atoms with E-state index in [4.69, 9.17) is 0 Å². The first-order chi connectivity index (χ1) is 19.8. The van der Waals surface area contributed by atoms with Crippen LogP contribution < -0.4 is 0 Å². The van der Waals surface area contributed by atoms with E-state index < -0.39 is 0 Å². The van der Waals surface area contributed by atoms with Gasteiger partial charge in [0, 0.05) is 28.9 Å². The largest absolute Gasteiger partial charge is 0.309 e. The topological polar surface area (TPSA) is 17.8 Å². The molecule has 8 aromatic rings. The number of hydrogen-bond donors (Lipinski definition) is 0. The third kappa shape index (κ3) is 3.47. The predicted octanol–water partition coefficient (Wildman–Crippen LogP) is 10.1. The molecular formula is C38H26N2. The molecule has 2 heteroatoms. The second kappa shape index (κ2) is 8.93. The monoisotopic (exact) mass is 510 g/mol. The van der Waals surface area contributed by atoms with Crippen molar-refractivity contribution >= 4 is 43.4 Å². The van der Waals surface area contributed by atoms with E-state index in [-0.39, 0.29) is 0 Å². The van der Waals surface area contributed by atoms with Gasteiger partial charge in [-0.3, -0.25) is 4.98 Å². The van der Waals surface area contributed by atoms with Crippen molar-refractivity contribution in [1.82, 2.24) is 9.55 Å². The number of hydrogen-bond acceptors (Lipinski definition) is 1. The van der Waals surface area contributed by atoms with Gasteiger partial charge in [-0.1, -0.05) is 91.0 Å². The number of aryl methyl sites for hydroxylation is 1. The van der Waals surface area contributed by atoms with Crippen LogP contribution in [0.25, 0.3) is 71.3 Å². The van der Waals surface area contributed by atoms with Crippen molar-refractivity contribution in [1.29, 1.82) is 0 Å². The molecule has 0 radical (unpaired) electrons. The molecule has 0 saturated carbocycles. The Bertz CT molecular complexity index is 2220. The Morgan fingerprint density at radius 2 is 1.10 bits per heavy atom. The number of pyridine rings is 1. The zero-order chi connectivity index (χ0) is 26.6. The Morgan fingerprint density at radius 1 is 0.475 bits per heavy atom. The fourth-order valence-electron chi connectivity index (χ4n) is 6.34. The molecule has 8 rings (SSSR count). The number of benzene rings is 6. The van der Waals surface area contributed by atoms with Crippen LogP contribution in [0.1, 0.15) is 5.56 Å². The van der Waals surface area contributed by atoms with Crippen LogP contribution in [0.4, 0.5) is 0 Å². The summed E-state index contributed by atoms with van der Waals surface area (Å²) in [5.74, 6) is 0. The van der Waals surface area contributed by atoms with Crippen LogP contribution in [-0.2, 0) is 0 Å². The fourth-order valence-corrected chi connectivity index (χ4v) is 6.34. The van der Waals surface area contributed by atoms with Crippen LogP contribution in [0.3, 0.4) is 0 Å². The Hall–Kier alpha value is -5.21. The summed E-state index contributed by atoms with van der Waals surface area (Å²) in [5, 5.41) is 7.60. The number of aromatic nitrogens is 2. The minimum absolute atomic E-state index is 1.12. The summed E-state index contributed by atoms with van der Waals surface area (Å²) < 4.78 is 2.33. The standard InChI is InChI=1S/C38H26N2/c1-25-22-26-8-2-3-9-27(26)23-35(25)33-16-15-30(31-10-4-5-11-32(31)33)28-14-17-38-36(24-28)34-12-6-7-13-37(34)40(38)29-18-20-39-21-19-29/h2-24H,1H3. The third-order valence-electron chi connectivity index (χ3n) is 8.21. The molecule has 0 fully saturated rings. The number of nitrogens with zero attached hydrogens (tertiary/aromatic N) is 2. The van der Waals surface area contributed by atoms with Crippen LogP contribution in [0, 0.1) is 6.92 Å². The van der Waals surface area contributed by atoms with Crippen molar-refractivity contribution in [2.75, 3.05) is 0 Å². The molecule has 2 heterocycles. The van der Waals surface area contributed by atoms with Gasteiger partial charge in [-0.2, -0.15) is 0 Å². The molecule has 0 atom stereocenters. The average Bonchev–Trinajstić information content (AvgIpc) is 3.34.